The van der Waals surface area contributed by atoms with Crippen LogP contribution in [0, 0.1) is 0 Å². The van der Waals surface area contributed by atoms with E-state index < -0.39 is 39.1 Å². The highest BCUT2D eigenvalue weighted by molar-refractivity contribution is 7.91. The maximum atomic E-state index is 13.9. The van der Waals surface area contributed by atoms with Crippen molar-refractivity contribution in [3.63, 3.8) is 0 Å². The number of aromatic nitrogens is 4. The zero-order chi connectivity index (χ0) is 30.2. The number of hydrogen-bond acceptors (Lipinski definition) is 5. The average molecular weight is 605 g/mol. The molecule has 0 amide bonds. The predicted octanol–water partition coefficient (Wildman–Crippen LogP) is 6.74. The Kier molecular flexibility index (Phi) is 6.48. The van der Waals surface area contributed by atoms with Gasteiger partial charge >= 0.3 is 18.3 Å². The molecule has 4 aromatic rings. The van der Waals surface area contributed by atoms with Gasteiger partial charge in [-0.15, -0.1) is 0 Å². The third-order valence-electron chi connectivity index (χ3n) is 7.27. The summed E-state index contributed by atoms with van der Waals surface area (Å²) in [6.07, 6.45) is -8.67. The van der Waals surface area contributed by atoms with E-state index in [0.717, 1.165) is 0 Å². The van der Waals surface area contributed by atoms with Gasteiger partial charge in [-0.1, -0.05) is 31.2 Å². The second-order valence-corrected chi connectivity index (χ2v) is 12.0. The van der Waals surface area contributed by atoms with Crippen molar-refractivity contribution in [1.29, 1.82) is 0 Å². The van der Waals surface area contributed by atoms with E-state index >= 15 is 0 Å². The lowest BCUT2D eigenvalue weighted by molar-refractivity contribution is -0.289. The summed E-state index contributed by atoms with van der Waals surface area (Å²) < 4.78 is 134. The molecule has 0 aliphatic heterocycles. The predicted molar refractivity (Wildman–Crippen MR) is 132 cm³/mol. The highest BCUT2D eigenvalue weighted by Crippen LogP contribution is 2.59. The van der Waals surface area contributed by atoms with Gasteiger partial charge in [0.1, 0.15) is 11.2 Å². The Morgan fingerprint density at radius 3 is 2.07 bits per heavy atom. The molecule has 3 aromatic heterocycles. The van der Waals surface area contributed by atoms with Gasteiger partial charge in [0.05, 0.1) is 21.6 Å². The minimum absolute atomic E-state index is 0.0206. The summed E-state index contributed by atoms with van der Waals surface area (Å²) in [4.78, 5) is 11.7. The van der Waals surface area contributed by atoms with Gasteiger partial charge in [-0.2, -0.15) is 35.1 Å². The van der Waals surface area contributed by atoms with Gasteiger partial charge in [-0.3, -0.25) is 4.98 Å². The van der Waals surface area contributed by atoms with Crippen LogP contribution in [0.15, 0.2) is 53.7 Å². The first-order valence-corrected chi connectivity index (χ1v) is 13.8. The molecule has 1 aliphatic carbocycles. The molecule has 6 nitrogen and oxygen atoms in total. The van der Waals surface area contributed by atoms with Crippen LogP contribution in [-0.2, 0) is 28.2 Å². The molecule has 0 atom stereocenters. The number of hydrogen-bond donors (Lipinski definition) is 0. The maximum absolute atomic E-state index is 13.9. The summed E-state index contributed by atoms with van der Waals surface area (Å²) in [6, 6.07) is 7.33. The normalized spacial score (nSPS) is 15.9. The van der Waals surface area contributed by atoms with Crippen molar-refractivity contribution in [3.8, 4) is 22.6 Å². The average Bonchev–Trinajstić information content (AvgIpc) is 3.67. The van der Waals surface area contributed by atoms with Gasteiger partial charge in [0, 0.05) is 25.0 Å². The molecular formula is C26H20F8N4O2S. The molecule has 41 heavy (non-hydrogen) atoms. The second kappa shape index (κ2) is 9.19. The number of fused-ring (bicyclic) bond motifs is 1. The van der Waals surface area contributed by atoms with Crippen molar-refractivity contribution in [2.24, 2.45) is 7.05 Å². The number of imidazole rings is 1. The van der Waals surface area contributed by atoms with Crippen LogP contribution in [0.25, 0.3) is 33.8 Å². The first kappa shape index (κ1) is 28.9. The molecule has 0 unspecified atom stereocenters. The molecule has 1 fully saturated rings. The largest absolute Gasteiger partial charge is 0.458 e. The summed E-state index contributed by atoms with van der Waals surface area (Å²) in [5, 5.41) is 0. The molecule has 0 spiro atoms. The lowest BCUT2D eigenvalue weighted by Gasteiger charge is -2.20. The van der Waals surface area contributed by atoms with Gasteiger partial charge < -0.3 is 4.57 Å². The third-order valence-corrected chi connectivity index (χ3v) is 9.01. The van der Waals surface area contributed by atoms with E-state index in [1.54, 1.807) is 0 Å². The third kappa shape index (κ3) is 4.63. The monoisotopic (exact) mass is 604 g/mol. The molecule has 5 rings (SSSR count). The molecule has 1 aliphatic rings. The fourth-order valence-electron chi connectivity index (χ4n) is 4.63. The number of pyridine rings is 2. The SMILES string of the molecule is CCS(=O)(=O)c1cc(-c2ccc(C3(C(F)(F)F)CC3)cc2)cnc1-c1nc2cc(C(F)(F)C(F)(F)F)cnc2n1C. The summed E-state index contributed by atoms with van der Waals surface area (Å²) in [5.74, 6) is -5.73. The zero-order valence-electron chi connectivity index (χ0n) is 21.3. The maximum Gasteiger partial charge on any atom is 0.458 e. The Labute approximate surface area is 228 Å². The molecular weight excluding hydrogens is 584 g/mol. The first-order valence-electron chi connectivity index (χ1n) is 12.1. The number of aryl methyl sites for hydroxylation is 1. The molecule has 0 saturated heterocycles. The van der Waals surface area contributed by atoms with Crippen LogP contribution < -0.4 is 0 Å². The van der Waals surface area contributed by atoms with Crippen LogP contribution >= 0.6 is 0 Å². The number of benzene rings is 1. The first-order chi connectivity index (χ1) is 18.9. The molecule has 1 saturated carbocycles. The quantitative estimate of drug-likeness (QED) is 0.228. The topological polar surface area (TPSA) is 77.7 Å². The van der Waals surface area contributed by atoms with Crippen LogP contribution in [0.3, 0.4) is 0 Å². The minimum atomic E-state index is -5.87. The molecule has 0 radical (unpaired) electrons. The molecule has 3 heterocycles. The molecule has 0 N–H and O–H groups in total. The van der Waals surface area contributed by atoms with Crippen molar-refractivity contribution in [1.82, 2.24) is 19.5 Å². The Balaban J connectivity index is 1.60. The standard InChI is InChI=1S/C26H20F8N4O2S/c1-3-41(39,40)19-10-15(14-4-6-16(7-5-14)23(8-9-23)25(29,30)31)12-35-20(19)22-37-18-11-17(13-36-21(18)38(22)2)24(27,28)26(32,33)34/h4-7,10-13H,3,8-9H2,1-2H3. The van der Waals surface area contributed by atoms with Gasteiger partial charge in [-0.05, 0) is 36.1 Å². The number of nitrogens with zero attached hydrogens (tertiary/aromatic N) is 4. The summed E-state index contributed by atoms with van der Waals surface area (Å²) in [5.41, 5.74) is -3.20. The Bertz CT molecular complexity index is 1760. The Hall–Kier alpha value is -3.62. The van der Waals surface area contributed by atoms with E-state index in [-0.39, 0.29) is 57.3 Å². The van der Waals surface area contributed by atoms with E-state index in [2.05, 4.69) is 15.0 Å². The van der Waals surface area contributed by atoms with E-state index in [1.165, 1.54) is 55.1 Å². The van der Waals surface area contributed by atoms with Crippen molar-refractivity contribution in [3.05, 3.63) is 59.9 Å². The number of halogens is 8. The van der Waals surface area contributed by atoms with Gasteiger partial charge in [-0.25, -0.2) is 18.4 Å². The smallest absolute Gasteiger partial charge is 0.310 e. The highest BCUT2D eigenvalue weighted by atomic mass is 32.2. The van der Waals surface area contributed by atoms with E-state index in [9.17, 15) is 43.5 Å². The molecule has 15 heteroatoms. The van der Waals surface area contributed by atoms with Crippen molar-refractivity contribution in [2.45, 2.75) is 48.4 Å². The summed E-state index contributed by atoms with van der Waals surface area (Å²) in [6.45, 7) is 1.37. The number of alkyl halides is 8. The lowest BCUT2D eigenvalue weighted by Crippen LogP contribution is -2.33. The number of sulfone groups is 1. The van der Waals surface area contributed by atoms with Crippen LogP contribution in [0.4, 0.5) is 35.1 Å². The Morgan fingerprint density at radius 2 is 1.54 bits per heavy atom. The van der Waals surface area contributed by atoms with Gasteiger partial charge in [0.2, 0.25) is 0 Å². The molecule has 218 valence electrons. The molecule has 0 bridgehead atoms. The second-order valence-electron chi connectivity index (χ2n) is 9.76. The number of rotatable bonds is 6. The van der Waals surface area contributed by atoms with E-state index in [0.29, 0.717) is 17.8 Å². The summed E-state index contributed by atoms with van der Waals surface area (Å²) in [7, 11) is -2.64. The van der Waals surface area contributed by atoms with Crippen molar-refractivity contribution >= 4 is 21.0 Å². The van der Waals surface area contributed by atoms with Crippen LogP contribution in [0.5, 0.6) is 0 Å². The van der Waals surface area contributed by atoms with Gasteiger partial charge in [0.25, 0.3) is 0 Å². The minimum Gasteiger partial charge on any atom is -0.310 e. The van der Waals surface area contributed by atoms with Crippen LogP contribution in [0.2, 0.25) is 0 Å². The van der Waals surface area contributed by atoms with E-state index in [4.69, 9.17) is 0 Å². The Morgan fingerprint density at radius 1 is 0.902 bits per heavy atom. The van der Waals surface area contributed by atoms with Gasteiger partial charge in [0.15, 0.2) is 21.3 Å². The van der Waals surface area contributed by atoms with Crippen LogP contribution in [0.1, 0.15) is 30.9 Å². The van der Waals surface area contributed by atoms with Crippen LogP contribution in [-0.4, -0.2) is 46.0 Å². The zero-order valence-corrected chi connectivity index (χ0v) is 22.1. The fraction of sp³-hybridized carbons (Fsp3) is 0.346. The van der Waals surface area contributed by atoms with Crippen molar-refractivity contribution in [2.75, 3.05) is 5.75 Å². The summed E-state index contributed by atoms with van der Waals surface area (Å²) >= 11 is 0. The lowest BCUT2D eigenvalue weighted by atomic mass is 9.93. The van der Waals surface area contributed by atoms with Crippen molar-refractivity contribution < 1.29 is 43.5 Å². The highest BCUT2D eigenvalue weighted by Gasteiger charge is 2.64. The van der Waals surface area contributed by atoms with E-state index in [1.807, 2.05) is 0 Å². The fourth-order valence-corrected chi connectivity index (χ4v) is 5.68. The molecule has 1 aromatic carbocycles.